The molecule has 1 aromatic heterocycles. The van der Waals surface area contributed by atoms with Crippen LogP contribution >= 0.6 is 0 Å². The monoisotopic (exact) mass is 354 g/mol. The molecule has 0 aliphatic carbocycles. The second-order valence-electron chi connectivity index (χ2n) is 6.72. The molecule has 0 radical (unpaired) electrons. The molecule has 24 heavy (non-hydrogen) atoms. The summed E-state index contributed by atoms with van der Waals surface area (Å²) in [5.41, 5.74) is 0.220. The van der Waals surface area contributed by atoms with Crippen LogP contribution in [0.2, 0.25) is 0 Å². The Morgan fingerprint density at radius 2 is 1.88 bits per heavy atom. The van der Waals surface area contributed by atoms with Crippen molar-refractivity contribution in [2.45, 2.75) is 50.0 Å². The van der Waals surface area contributed by atoms with E-state index in [4.69, 9.17) is 4.74 Å². The Bertz CT molecular complexity index is 764. The van der Waals surface area contributed by atoms with E-state index in [1.165, 1.54) is 12.1 Å². The largest absolute Gasteiger partial charge is 0.456 e. The summed E-state index contributed by atoms with van der Waals surface area (Å²) in [5, 5.41) is 14.5. The van der Waals surface area contributed by atoms with Crippen LogP contribution in [0, 0.1) is 10.6 Å². The molecule has 132 valence electrons. The molecule has 0 fully saturated rings. The van der Waals surface area contributed by atoms with E-state index in [0.717, 1.165) is 12.8 Å². The Hall–Kier alpha value is -2.09. The van der Waals surface area contributed by atoms with Gasteiger partial charge in [-0.3, -0.25) is 4.63 Å². The summed E-state index contributed by atoms with van der Waals surface area (Å²) < 4.78 is 34.8. The number of rotatable bonds is 7. The molecular weight excluding hydrogens is 332 g/mol. The quantitative estimate of drug-likeness (QED) is 0.560. The lowest BCUT2D eigenvalue weighted by atomic mass is 9.90. The normalized spacial score (nSPS) is 12.3. The first-order valence-corrected chi connectivity index (χ1v) is 9.23. The second-order valence-corrected chi connectivity index (χ2v) is 8.59. The Morgan fingerprint density at radius 3 is 2.50 bits per heavy atom. The van der Waals surface area contributed by atoms with Gasteiger partial charge in [-0.25, -0.2) is 8.42 Å². The number of hydrogen-bond acceptors (Lipinski definition) is 6. The van der Waals surface area contributed by atoms with Gasteiger partial charge in [-0.2, -0.15) is 0 Å². The van der Waals surface area contributed by atoms with E-state index < -0.39 is 20.7 Å². The fraction of sp³-hybridized carbons (Fsp3) is 0.500. The average Bonchev–Trinajstić information content (AvgIpc) is 2.88. The molecule has 7 nitrogen and oxygen atoms in total. The molecule has 1 aromatic carbocycles. The van der Waals surface area contributed by atoms with Gasteiger partial charge in [0.25, 0.3) is 9.84 Å². The lowest BCUT2D eigenvalue weighted by molar-refractivity contribution is -0.805. The molecule has 0 saturated carbocycles. The van der Waals surface area contributed by atoms with Crippen molar-refractivity contribution >= 4 is 9.84 Å². The zero-order chi connectivity index (χ0) is 17.8. The first kappa shape index (κ1) is 18.3. The van der Waals surface area contributed by atoms with Crippen molar-refractivity contribution in [2.24, 2.45) is 5.41 Å². The molecule has 0 amide bonds. The highest BCUT2D eigenvalue weighted by Gasteiger charge is 2.35. The van der Waals surface area contributed by atoms with E-state index in [9.17, 15) is 13.6 Å². The van der Waals surface area contributed by atoms with Crippen molar-refractivity contribution < 1.29 is 22.7 Å². The van der Waals surface area contributed by atoms with E-state index >= 15 is 0 Å². The van der Waals surface area contributed by atoms with Crippen molar-refractivity contribution in [3.63, 3.8) is 0 Å². The highest BCUT2D eigenvalue weighted by atomic mass is 32.2. The van der Waals surface area contributed by atoms with Gasteiger partial charge in [0.15, 0.2) is 0 Å². The maximum atomic E-state index is 12.5. The molecule has 0 aliphatic heterocycles. The third kappa shape index (κ3) is 4.47. The van der Waals surface area contributed by atoms with Crippen LogP contribution in [-0.2, 0) is 9.84 Å². The lowest BCUT2D eigenvalue weighted by Gasteiger charge is -2.17. The van der Waals surface area contributed by atoms with E-state index in [2.05, 4.69) is 30.6 Å². The van der Waals surface area contributed by atoms with E-state index in [-0.39, 0.29) is 21.8 Å². The predicted octanol–water partition coefficient (Wildman–Crippen LogP) is 2.74. The fourth-order valence-electron chi connectivity index (χ4n) is 2.14. The fourth-order valence-corrected chi connectivity index (χ4v) is 3.38. The molecule has 1 heterocycles. The molecule has 0 aliphatic rings. The molecule has 0 saturated heterocycles. The maximum absolute atomic E-state index is 12.5. The van der Waals surface area contributed by atoms with E-state index in [0.29, 0.717) is 6.42 Å². The number of ether oxygens (including phenoxy) is 1. The van der Waals surface area contributed by atoms with Crippen LogP contribution in [-0.4, -0.2) is 20.2 Å². The van der Waals surface area contributed by atoms with Crippen molar-refractivity contribution in [3.8, 4) is 5.88 Å². The standard InChI is InChI=1S/C16H22N2O5S/c1-16(2,3)11-7-8-12-22-15-14(17-23-18(15)19)24(20,21)13-9-5-4-6-10-13/h4-6,9-10H,7-8,11-12H2,1-3H3. The van der Waals surface area contributed by atoms with Crippen molar-refractivity contribution in [1.29, 1.82) is 0 Å². The molecule has 0 atom stereocenters. The highest BCUT2D eigenvalue weighted by Crippen LogP contribution is 2.25. The van der Waals surface area contributed by atoms with Crippen LogP contribution in [0.3, 0.4) is 0 Å². The van der Waals surface area contributed by atoms with Gasteiger partial charge in [0.1, 0.15) is 0 Å². The van der Waals surface area contributed by atoms with Gasteiger partial charge in [0.2, 0.25) is 0 Å². The first-order chi connectivity index (χ1) is 11.2. The average molecular weight is 354 g/mol. The summed E-state index contributed by atoms with van der Waals surface area (Å²) in [6, 6.07) is 7.72. The number of sulfone groups is 1. The SMILES string of the molecule is CC(C)(C)CCCCOc1c(S(=O)(=O)c2ccccc2)no[n+]1[O-]. The van der Waals surface area contributed by atoms with Crippen LogP contribution in [0.1, 0.15) is 40.0 Å². The Labute approximate surface area is 141 Å². The minimum Gasteiger partial charge on any atom is -0.456 e. The smallest absolute Gasteiger partial charge is 0.392 e. The summed E-state index contributed by atoms with van der Waals surface area (Å²) in [4.78, 5) is 0.0102. The van der Waals surface area contributed by atoms with Gasteiger partial charge in [-0.05, 0) is 41.7 Å². The van der Waals surface area contributed by atoms with Crippen molar-refractivity contribution in [1.82, 2.24) is 5.16 Å². The van der Waals surface area contributed by atoms with Crippen LogP contribution in [0.25, 0.3) is 0 Å². The number of aromatic nitrogens is 2. The van der Waals surface area contributed by atoms with Gasteiger partial charge < -0.3 is 9.94 Å². The number of nitrogens with zero attached hydrogens (tertiary/aromatic N) is 2. The molecular formula is C16H22N2O5S. The maximum Gasteiger partial charge on any atom is 0.392 e. The van der Waals surface area contributed by atoms with Gasteiger partial charge in [0, 0.05) is 0 Å². The zero-order valence-electron chi connectivity index (χ0n) is 14.1. The molecule has 0 N–H and O–H groups in total. The summed E-state index contributed by atoms with van der Waals surface area (Å²) in [5.74, 6) is -0.422. The van der Waals surface area contributed by atoms with Gasteiger partial charge in [-0.15, -0.1) is 0 Å². The van der Waals surface area contributed by atoms with Gasteiger partial charge in [0.05, 0.1) is 16.7 Å². The van der Waals surface area contributed by atoms with Gasteiger partial charge >= 0.3 is 10.9 Å². The molecule has 0 spiro atoms. The third-order valence-electron chi connectivity index (χ3n) is 3.41. The Kier molecular flexibility index (Phi) is 5.48. The number of unbranched alkanes of at least 4 members (excludes halogenated alkanes) is 1. The molecule has 2 aromatic rings. The predicted molar refractivity (Wildman–Crippen MR) is 86.2 cm³/mol. The van der Waals surface area contributed by atoms with E-state index in [1.54, 1.807) is 18.2 Å². The highest BCUT2D eigenvalue weighted by molar-refractivity contribution is 7.91. The number of benzene rings is 1. The molecule has 2 rings (SSSR count). The second kappa shape index (κ2) is 7.21. The topological polar surface area (TPSA) is 96.3 Å². The minimum atomic E-state index is -3.97. The Morgan fingerprint density at radius 1 is 1.21 bits per heavy atom. The molecule has 8 heteroatoms. The number of hydrogen-bond donors (Lipinski definition) is 0. The minimum absolute atomic E-state index is 0.0143. The van der Waals surface area contributed by atoms with Crippen LogP contribution in [0.5, 0.6) is 5.88 Å². The van der Waals surface area contributed by atoms with Crippen molar-refractivity contribution in [2.75, 3.05) is 6.61 Å². The zero-order valence-corrected chi connectivity index (χ0v) is 14.9. The first-order valence-electron chi connectivity index (χ1n) is 7.74. The summed E-state index contributed by atoms with van der Waals surface area (Å²) in [6.07, 6.45) is 2.62. The van der Waals surface area contributed by atoms with Crippen LogP contribution in [0.4, 0.5) is 0 Å². The van der Waals surface area contributed by atoms with Crippen LogP contribution < -0.4 is 9.64 Å². The van der Waals surface area contributed by atoms with Crippen molar-refractivity contribution in [3.05, 3.63) is 35.5 Å². The lowest BCUT2D eigenvalue weighted by Crippen LogP contribution is -2.26. The third-order valence-corrected chi connectivity index (χ3v) is 5.07. The summed E-state index contributed by atoms with van der Waals surface area (Å²) in [6.45, 7) is 6.65. The van der Waals surface area contributed by atoms with E-state index in [1.807, 2.05) is 0 Å². The molecule has 0 bridgehead atoms. The Balaban J connectivity index is 2.09. The summed E-state index contributed by atoms with van der Waals surface area (Å²) in [7, 11) is -3.97. The van der Waals surface area contributed by atoms with Gasteiger partial charge in [-0.1, -0.05) is 39.0 Å². The summed E-state index contributed by atoms with van der Waals surface area (Å²) >= 11 is 0. The molecule has 0 unspecified atom stereocenters. The van der Waals surface area contributed by atoms with Crippen LogP contribution in [0.15, 0.2) is 44.9 Å².